The first-order valence-electron chi connectivity index (χ1n) is 7.33. The third-order valence-corrected chi connectivity index (χ3v) is 8.37. The lowest BCUT2D eigenvalue weighted by Gasteiger charge is -2.38. The average molecular weight is 325 g/mol. The Balaban J connectivity index is 2.81. The maximum absolute atomic E-state index is 12.4. The van der Waals surface area contributed by atoms with Gasteiger partial charge in [-0.1, -0.05) is 20.8 Å². The Morgan fingerprint density at radius 1 is 1.32 bits per heavy atom. The predicted octanol–water partition coefficient (Wildman–Crippen LogP) is 2.76. The molecule has 7 heteroatoms. The lowest BCUT2D eigenvalue weighted by atomic mass is 10.2. The zero-order valence-corrected chi connectivity index (χ0v) is 15.6. The third-order valence-electron chi connectivity index (χ3n) is 3.89. The largest absolute Gasteiger partial charge is 0.403 e. The van der Waals surface area contributed by atoms with Gasteiger partial charge in [0.1, 0.15) is 6.10 Å². The Hall–Kier alpha value is -1.31. The summed E-state index contributed by atoms with van der Waals surface area (Å²) in [5.74, 6) is 0.153. The smallest absolute Gasteiger partial charge is 0.255 e. The van der Waals surface area contributed by atoms with E-state index in [-0.39, 0.29) is 17.6 Å². The van der Waals surface area contributed by atoms with Crippen LogP contribution in [0.25, 0.3) is 0 Å². The molecule has 1 heterocycles. The number of anilines is 1. The van der Waals surface area contributed by atoms with E-state index in [0.29, 0.717) is 5.82 Å². The van der Waals surface area contributed by atoms with Gasteiger partial charge in [0.2, 0.25) is 0 Å². The number of carbonyl (C=O) groups excluding carboxylic acids is 1. The molecule has 1 N–H and O–H groups in total. The number of amides is 1. The number of nitrogens with one attached hydrogen (secondary N) is 1. The molecule has 6 nitrogen and oxygen atoms in total. The number of hydrogen-bond donors (Lipinski definition) is 1. The molecule has 0 aliphatic rings. The highest BCUT2D eigenvalue weighted by Gasteiger charge is 2.40. The van der Waals surface area contributed by atoms with Crippen molar-refractivity contribution in [2.45, 2.75) is 51.9 Å². The average Bonchev–Trinajstić information content (AvgIpc) is 2.39. The van der Waals surface area contributed by atoms with Crippen molar-refractivity contribution >= 4 is 20.0 Å². The number of rotatable bonds is 6. The second-order valence-corrected chi connectivity index (χ2v) is 11.6. The van der Waals surface area contributed by atoms with Crippen LogP contribution >= 0.6 is 0 Å². The Morgan fingerprint density at radius 2 is 1.95 bits per heavy atom. The summed E-state index contributed by atoms with van der Waals surface area (Å²) in [5, 5.41) is 2.75. The molecule has 1 amide bonds. The molecule has 1 atom stereocenters. The van der Waals surface area contributed by atoms with Crippen LogP contribution in [0, 0.1) is 6.92 Å². The zero-order chi connectivity index (χ0) is 17.0. The van der Waals surface area contributed by atoms with Crippen molar-refractivity contribution in [2.24, 2.45) is 0 Å². The number of hydrogen-bond acceptors (Lipinski definition) is 5. The van der Waals surface area contributed by atoms with Gasteiger partial charge < -0.3 is 14.5 Å². The van der Waals surface area contributed by atoms with Crippen LogP contribution in [-0.2, 0) is 14.0 Å². The second-order valence-electron chi connectivity index (χ2n) is 6.85. The van der Waals surface area contributed by atoms with Gasteiger partial charge in [-0.15, -0.1) is 0 Å². The lowest BCUT2D eigenvalue weighted by Crippen LogP contribution is -2.48. The molecule has 1 rings (SSSR count). The summed E-state index contributed by atoms with van der Waals surface area (Å²) >= 11 is 0. The summed E-state index contributed by atoms with van der Waals surface area (Å²) in [4.78, 5) is 20.7. The Bertz CT molecular complexity index is 498. The Labute approximate surface area is 133 Å². The van der Waals surface area contributed by atoms with Gasteiger partial charge in [0, 0.05) is 7.11 Å². The molecule has 0 radical (unpaired) electrons. The van der Waals surface area contributed by atoms with E-state index in [1.165, 1.54) is 6.20 Å². The van der Waals surface area contributed by atoms with E-state index < -0.39 is 14.4 Å². The monoisotopic (exact) mass is 325 g/mol. The van der Waals surface area contributed by atoms with Gasteiger partial charge in [-0.2, -0.15) is 0 Å². The minimum atomic E-state index is -2.07. The molecule has 0 saturated carbocycles. The molecule has 1 aromatic rings. The van der Waals surface area contributed by atoms with Gasteiger partial charge >= 0.3 is 0 Å². The Kier molecular flexibility index (Phi) is 6.22. The van der Waals surface area contributed by atoms with Crippen molar-refractivity contribution in [3.05, 3.63) is 18.1 Å². The highest BCUT2D eigenvalue weighted by atomic mass is 28.4. The summed E-state index contributed by atoms with van der Waals surface area (Å²) in [7, 11) is -0.514. The molecule has 0 fully saturated rings. The minimum absolute atomic E-state index is 0.0168. The van der Waals surface area contributed by atoms with E-state index >= 15 is 0 Å². The number of aromatic nitrogens is 2. The summed E-state index contributed by atoms with van der Waals surface area (Å²) in [6.45, 7) is 12.7. The summed E-state index contributed by atoms with van der Waals surface area (Å²) in [6.07, 6.45) is 2.48. The van der Waals surface area contributed by atoms with Crippen LogP contribution in [0.4, 0.5) is 5.82 Å². The van der Waals surface area contributed by atoms with E-state index in [1.54, 1.807) is 13.3 Å². The SMILES string of the molecule is COC[C@H](O[Si](C)(C)C(C)(C)C)C(=O)Nc1cnc(C)cn1. The van der Waals surface area contributed by atoms with E-state index in [4.69, 9.17) is 9.16 Å². The minimum Gasteiger partial charge on any atom is -0.403 e. The fraction of sp³-hybridized carbons (Fsp3) is 0.667. The molecule has 0 aliphatic heterocycles. The van der Waals surface area contributed by atoms with Gasteiger partial charge in [0.25, 0.3) is 5.91 Å². The topological polar surface area (TPSA) is 73.3 Å². The van der Waals surface area contributed by atoms with E-state index in [0.717, 1.165) is 5.69 Å². The fourth-order valence-corrected chi connectivity index (χ4v) is 2.75. The lowest BCUT2D eigenvalue weighted by molar-refractivity contribution is -0.125. The molecule has 0 aliphatic carbocycles. The molecule has 1 aromatic heterocycles. The molecule has 0 aromatic carbocycles. The van der Waals surface area contributed by atoms with Crippen LogP contribution in [0.2, 0.25) is 18.1 Å². The van der Waals surface area contributed by atoms with Crippen molar-refractivity contribution in [1.82, 2.24) is 9.97 Å². The van der Waals surface area contributed by atoms with Crippen LogP contribution in [0.5, 0.6) is 0 Å². The molecule has 0 unspecified atom stereocenters. The van der Waals surface area contributed by atoms with E-state index in [1.807, 2.05) is 6.92 Å². The van der Waals surface area contributed by atoms with Crippen LogP contribution < -0.4 is 5.32 Å². The van der Waals surface area contributed by atoms with Crippen molar-refractivity contribution in [1.29, 1.82) is 0 Å². The first-order valence-corrected chi connectivity index (χ1v) is 10.2. The van der Waals surface area contributed by atoms with Crippen molar-refractivity contribution in [3.8, 4) is 0 Å². The fourth-order valence-electron chi connectivity index (χ4n) is 1.51. The zero-order valence-electron chi connectivity index (χ0n) is 14.6. The van der Waals surface area contributed by atoms with Crippen molar-refractivity contribution in [2.75, 3.05) is 19.0 Å². The third kappa shape index (κ3) is 5.15. The number of methoxy groups -OCH3 is 1. The maximum Gasteiger partial charge on any atom is 0.255 e. The quantitative estimate of drug-likeness (QED) is 0.814. The first kappa shape index (κ1) is 18.7. The maximum atomic E-state index is 12.4. The van der Waals surface area contributed by atoms with Crippen molar-refractivity contribution < 1.29 is 14.0 Å². The van der Waals surface area contributed by atoms with Crippen molar-refractivity contribution in [3.63, 3.8) is 0 Å². The van der Waals surface area contributed by atoms with Gasteiger partial charge in [0.05, 0.1) is 24.7 Å². The molecule has 0 spiro atoms. The van der Waals surface area contributed by atoms with Gasteiger partial charge in [-0.25, -0.2) is 4.98 Å². The number of carbonyl (C=O) groups is 1. The number of ether oxygens (including phenoxy) is 1. The highest BCUT2D eigenvalue weighted by Crippen LogP contribution is 2.37. The van der Waals surface area contributed by atoms with E-state index in [2.05, 4.69) is 49.1 Å². The molecule has 0 bridgehead atoms. The summed E-state index contributed by atoms with van der Waals surface area (Å²) in [5.41, 5.74) is 0.795. The van der Waals surface area contributed by atoms with Crippen LogP contribution in [0.3, 0.4) is 0 Å². The Morgan fingerprint density at radius 3 is 2.41 bits per heavy atom. The van der Waals surface area contributed by atoms with Crippen LogP contribution in [0.15, 0.2) is 12.4 Å². The van der Waals surface area contributed by atoms with Gasteiger partial charge in [-0.05, 0) is 25.1 Å². The molecule has 22 heavy (non-hydrogen) atoms. The molecule has 0 saturated heterocycles. The van der Waals surface area contributed by atoms with Gasteiger partial charge in [0.15, 0.2) is 14.1 Å². The number of nitrogens with zero attached hydrogens (tertiary/aromatic N) is 2. The van der Waals surface area contributed by atoms with Crippen LogP contribution in [0.1, 0.15) is 26.5 Å². The summed E-state index contributed by atoms with van der Waals surface area (Å²) < 4.78 is 11.3. The van der Waals surface area contributed by atoms with Crippen LogP contribution in [-0.4, -0.2) is 44.0 Å². The first-order chi connectivity index (χ1) is 10.1. The molecule has 124 valence electrons. The van der Waals surface area contributed by atoms with Gasteiger partial charge in [-0.3, -0.25) is 9.78 Å². The molecular weight excluding hydrogens is 298 g/mol. The summed E-state index contributed by atoms with van der Waals surface area (Å²) in [6, 6.07) is 0. The second kappa shape index (κ2) is 7.30. The van der Waals surface area contributed by atoms with E-state index in [9.17, 15) is 4.79 Å². The predicted molar refractivity (Wildman–Crippen MR) is 89.3 cm³/mol. The standard InChI is InChI=1S/C15H27N3O3Si/c1-11-8-17-13(9-16-11)18-14(19)12(10-20-5)21-22(6,7)15(2,3)4/h8-9,12H,10H2,1-7H3,(H,17,18,19)/t12-/m0/s1. The highest BCUT2D eigenvalue weighted by molar-refractivity contribution is 6.74. The normalized spacial score (nSPS) is 13.8. The molecular formula is C15H27N3O3Si. The number of aryl methyl sites for hydroxylation is 1.